The van der Waals surface area contributed by atoms with Crippen molar-refractivity contribution in [1.82, 2.24) is 0 Å². The molecule has 0 fully saturated rings. The predicted octanol–water partition coefficient (Wildman–Crippen LogP) is 5.12. The first-order valence-corrected chi connectivity index (χ1v) is 8.34. The summed E-state index contributed by atoms with van der Waals surface area (Å²) in [5.74, 6) is 0.527. The quantitative estimate of drug-likeness (QED) is 0.388. The average molecular weight is 362 g/mol. The number of nitrogens with zero attached hydrogens (tertiary/aromatic N) is 1. The zero-order chi connectivity index (χ0) is 19.4. The summed E-state index contributed by atoms with van der Waals surface area (Å²) < 4.78 is 5.69. The largest absolute Gasteiger partial charge is 0.456 e. The number of benzene rings is 2. The molecule has 136 valence electrons. The number of nitro benzene ring substituents is 1. The Kier molecular flexibility index (Phi) is 5.17. The third kappa shape index (κ3) is 4.30. The van der Waals surface area contributed by atoms with Gasteiger partial charge in [-0.15, -0.1) is 0 Å². The number of furan rings is 1. The fourth-order valence-electron chi connectivity index (χ4n) is 2.68. The smallest absolute Gasteiger partial charge is 0.280 e. The first-order chi connectivity index (χ1) is 12.9. The van der Waals surface area contributed by atoms with E-state index in [0.717, 1.165) is 11.1 Å². The van der Waals surface area contributed by atoms with E-state index in [1.807, 2.05) is 31.2 Å². The molecule has 0 saturated carbocycles. The Morgan fingerprint density at radius 2 is 1.81 bits per heavy atom. The van der Waals surface area contributed by atoms with Gasteiger partial charge in [0.1, 0.15) is 11.5 Å². The minimum Gasteiger partial charge on any atom is -0.456 e. The fourth-order valence-corrected chi connectivity index (χ4v) is 2.68. The summed E-state index contributed by atoms with van der Waals surface area (Å²) in [6, 6.07) is 15.7. The molecule has 6 heteroatoms. The van der Waals surface area contributed by atoms with Crippen LogP contribution < -0.4 is 5.32 Å². The minimum absolute atomic E-state index is 0.0167. The van der Waals surface area contributed by atoms with Gasteiger partial charge in [-0.1, -0.05) is 29.8 Å². The van der Waals surface area contributed by atoms with Crippen molar-refractivity contribution in [2.75, 3.05) is 5.32 Å². The molecule has 1 amide bonds. The normalized spacial score (nSPS) is 10.9. The van der Waals surface area contributed by atoms with Crippen molar-refractivity contribution in [1.29, 1.82) is 0 Å². The lowest BCUT2D eigenvalue weighted by atomic mass is 10.0. The van der Waals surface area contributed by atoms with Gasteiger partial charge in [0.2, 0.25) is 5.91 Å². The van der Waals surface area contributed by atoms with Crippen molar-refractivity contribution >= 4 is 23.4 Å². The number of anilines is 1. The maximum Gasteiger partial charge on any atom is 0.280 e. The first kappa shape index (κ1) is 18.1. The molecule has 3 aromatic rings. The maximum atomic E-state index is 12.0. The van der Waals surface area contributed by atoms with Crippen LogP contribution in [-0.4, -0.2) is 10.8 Å². The highest BCUT2D eigenvalue weighted by Crippen LogP contribution is 2.34. The molecule has 2 aromatic carbocycles. The lowest BCUT2D eigenvalue weighted by molar-refractivity contribution is -0.384. The Labute approximate surface area is 156 Å². The number of nitrogens with one attached hydrogen (secondary N) is 1. The van der Waals surface area contributed by atoms with Crippen LogP contribution in [-0.2, 0) is 4.79 Å². The van der Waals surface area contributed by atoms with Gasteiger partial charge in [-0.2, -0.15) is 0 Å². The monoisotopic (exact) mass is 362 g/mol. The number of carbonyl (C=O) groups is 1. The van der Waals surface area contributed by atoms with E-state index < -0.39 is 4.92 Å². The zero-order valence-electron chi connectivity index (χ0n) is 14.9. The Morgan fingerprint density at radius 1 is 1.07 bits per heavy atom. The standard InChI is InChI=1S/C21H18N2O4/c1-14-6-8-16(9-7-14)22-20(24)13-11-17-10-12-19(27-17)21-15(2)4-3-5-18(21)23(25)26/h3-13H,1-2H3,(H,22,24)/b13-11+. The lowest BCUT2D eigenvalue weighted by Crippen LogP contribution is -2.07. The highest BCUT2D eigenvalue weighted by Gasteiger charge is 2.19. The Morgan fingerprint density at radius 3 is 2.52 bits per heavy atom. The van der Waals surface area contributed by atoms with Crippen LogP contribution >= 0.6 is 0 Å². The molecule has 0 radical (unpaired) electrons. The van der Waals surface area contributed by atoms with Crippen molar-refractivity contribution in [3.63, 3.8) is 0 Å². The van der Waals surface area contributed by atoms with E-state index in [-0.39, 0.29) is 11.6 Å². The summed E-state index contributed by atoms with van der Waals surface area (Å²) >= 11 is 0. The number of rotatable bonds is 5. The third-order valence-corrected chi connectivity index (χ3v) is 4.04. The molecule has 1 aromatic heterocycles. The van der Waals surface area contributed by atoms with Crippen LogP contribution in [0, 0.1) is 24.0 Å². The molecule has 1 N–H and O–H groups in total. The summed E-state index contributed by atoms with van der Waals surface area (Å²) in [6.45, 7) is 3.76. The highest BCUT2D eigenvalue weighted by atomic mass is 16.6. The molecule has 1 heterocycles. The highest BCUT2D eigenvalue weighted by molar-refractivity contribution is 6.01. The van der Waals surface area contributed by atoms with Crippen molar-refractivity contribution in [2.45, 2.75) is 13.8 Å². The van der Waals surface area contributed by atoms with E-state index in [4.69, 9.17) is 4.42 Å². The molecule has 0 aliphatic heterocycles. The van der Waals surface area contributed by atoms with Crippen LogP contribution in [0.3, 0.4) is 0 Å². The van der Waals surface area contributed by atoms with Gasteiger partial charge in [-0.25, -0.2) is 0 Å². The van der Waals surface area contributed by atoms with Gasteiger partial charge in [0, 0.05) is 17.8 Å². The first-order valence-electron chi connectivity index (χ1n) is 8.34. The van der Waals surface area contributed by atoms with Crippen LogP contribution in [0.25, 0.3) is 17.4 Å². The summed E-state index contributed by atoms with van der Waals surface area (Å²) in [6.07, 6.45) is 2.88. The maximum absolute atomic E-state index is 12.0. The Balaban J connectivity index is 1.77. The summed E-state index contributed by atoms with van der Waals surface area (Å²) in [5.41, 5.74) is 2.97. The van der Waals surface area contributed by atoms with Gasteiger partial charge in [0.05, 0.1) is 10.5 Å². The van der Waals surface area contributed by atoms with Gasteiger partial charge in [0.15, 0.2) is 0 Å². The zero-order valence-corrected chi connectivity index (χ0v) is 14.9. The molecule has 0 spiro atoms. The molecule has 27 heavy (non-hydrogen) atoms. The van der Waals surface area contributed by atoms with E-state index in [9.17, 15) is 14.9 Å². The van der Waals surface area contributed by atoms with Gasteiger partial charge in [-0.05, 0) is 49.8 Å². The molecule has 0 aliphatic rings. The van der Waals surface area contributed by atoms with E-state index >= 15 is 0 Å². The van der Waals surface area contributed by atoms with Gasteiger partial charge < -0.3 is 9.73 Å². The van der Waals surface area contributed by atoms with E-state index in [0.29, 0.717) is 22.8 Å². The number of hydrogen-bond acceptors (Lipinski definition) is 4. The SMILES string of the molecule is Cc1ccc(NC(=O)/C=C/c2ccc(-c3c(C)cccc3[N+](=O)[O-])o2)cc1. The predicted molar refractivity (Wildman–Crippen MR) is 104 cm³/mol. The molecule has 0 unspecified atom stereocenters. The van der Waals surface area contributed by atoms with Crippen molar-refractivity contribution < 1.29 is 14.1 Å². The minimum atomic E-state index is -0.435. The van der Waals surface area contributed by atoms with Crippen LogP contribution in [0.2, 0.25) is 0 Å². The van der Waals surface area contributed by atoms with Crippen molar-refractivity contribution in [3.8, 4) is 11.3 Å². The van der Waals surface area contributed by atoms with E-state index in [1.165, 1.54) is 18.2 Å². The van der Waals surface area contributed by atoms with Crippen LogP contribution in [0.5, 0.6) is 0 Å². The van der Waals surface area contributed by atoms with Gasteiger partial charge in [0.25, 0.3) is 5.69 Å². The lowest BCUT2D eigenvalue weighted by Gasteiger charge is -2.03. The number of hydrogen-bond donors (Lipinski definition) is 1. The van der Waals surface area contributed by atoms with Crippen molar-refractivity contribution in [3.05, 3.63) is 87.7 Å². The fraction of sp³-hybridized carbons (Fsp3) is 0.0952. The summed E-state index contributed by atoms with van der Waals surface area (Å²) in [4.78, 5) is 22.8. The van der Waals surface area contributed by atoms with E-state index in [1.54, 1.807) is 31.2 Å². The third-order valence-electron chi connectivity index (χ3n) is 4.04. The second kappa shape index (κ2) is 7.70. The average Bonchev–Trinajstić information content (AvgIpc) is 3.10. The van der Waals surface area contributed by atoms with Gasteiger partial charge >= 0.3 is 0 Å². The second-order valence-electron chi connectivity index (χ2n) is 6.12. The molecule has 0 aliphatic carbocycles. The molecule has 0 saturated heterocycles. The molecule has 6 nitrogen and oxygen atoms in total. The Hall–Kier alpha value is -3.67. The number of carbonyl (C=O) groups excluding carboxylic acids is 1. The number of nitro groups is 1. The molecular formula is C21H18N2O4. The van der Waals surface area contributed by atoms with E-state index in [2.05, 4.69) is 5.32 Å². The molecular weight excluding hydrogens is 344 g/mol. The van der Waals surface area contributed by atoms with Crippen LogP contribution in [0.15, 0.2) is 65.1 Å². The van der Waals surface area contributed by atoms with Gasteiger partial charge in [-0.3, -0.25) is 14.9 Å². The molecule has 3 rings (SSSR count). The molecule has 0 bridgehead atoms. The summed E-state index contributed by atoms with van der Waals surface area (Å²) in [5, 5.41) is 14.0. The number of aryl methyl sites for hydroxylation is 2. The number of amides is 1. The Bertz CT molecular complexity index is 1020. The second-order valence-corrected chi connectivity index (χ2v) is 6.12. The molecule has 0 atom stereocenters. The topological polar surface area (TPSA) is 85.4 Å². The summed E-state index contributed by atoms with van der Waals surface area (Å²) in [7, 11) is 0. The van der Waals surface area contributed by atoms with Crippen LogP contribution in [0.4, 0.5) is 11.4 Å². The van der Waals surface area contributed by atoms with Crippen LogP contribution in [0.1, 0.15) is 16.9 Å². The van der Waals surface area contributed by atoms with Crippen molar-refractivity contribution in [2.24, 2.45) is 0 Å².